The van der Waals surface area contributed by atoms with Crippen molar-refractivity contribution in [3.63, 3.8) is 0 Å². The lowest BCUT2D eigenvalue weighted by Crippen LogP contribution is -2.01. The highest BCUT2D eigenvalue weighted by atomic mass is 127. The molecule has 0 amide bonds. The summed E-state index contributed by atoms with van der Waals surface area (Å²) in [6.45, 7) is 0. The lowest BCUT2D eigenvalue weighted by Gasteiger charge is -2.03. The second kappa shape index (κ2) is 4.41. The molecule has 6 heteroatoms. The average Bonchev–Trinajstić information content (AvgIpc) is 2.16. The number of halogens is 3. The van der Waals surface area contributed by atoms with Crippen molar-refractivity contribution in [2.24, 2.45) is 0 Å². The van der Waals surface area contributed by atoms with Crippen LogP contribution in [0.2, 0.25) is 0 Å². The highest BCUT2D eigenvalue weighted by molar-refractivity contribution is 14.1. The van der Waals surface area contributed by atoms with Gasteiger partial charge in [0.05, 0.1) is 5.56 Å². The van der Waals surface area contributed by atoms with Crippen molar-refractivity contribution in [2.75, 3.05) is 0 Å². The molecule has 0 aliphatic rings. The van der Waals surface area contributed by atoms with Crippen molar-refractivity contribution >= 4 is 28.9 Å². The van der Waals surface area contributed by atoms with Gasteiger partial charge in [-0.05, 0) is 28.7 Å². The molecule has 3 nitrogen and oxygen atoms in total. The summed E-state index contributed by atoms with van der Waals surface area (Å²) >= 11 is 1.71. The van der Waals surface area contributed by atoms with Crippen LogP contribution in [0.3, 0.4) is 0 Å². The Balaban J connectivity index is 3.40. The molecule has 0 aromatic carbocycles. The van der Waals surface area contributed by atoms with Crippen molar-refractivity contribution in [1.29, 1.82) is 5.26 Å². The molecule has 72 valence electrons. The summed E-state index contributed by atoms with van der Waals surface area (Å²) in [6, 6.07) is 2.70. The van der Waals surface area contributed by atoms with Crippen LogP contribution < -0.4 is 0 Å². The number of aromatic nitrogens is 1. The Morgan fingerprint density at radius 1 is 1.64 bits per heavy atom. The largest absolute Gasteiger partial charge is 0.298 e. The van der Waals surface area contributed by atoms with Gasteiger partial charge in [-0.1, -0.05) is 0 Å². The third-order valence-electron chi connectivity index (χ3n) is 1.48. The van der Waals surface area contributed by atoms with Gasteiger partial charge < -0.3 is 0 Å². The van der Waals surface area contributed by atoms with Gasteiger partial charge >= 0.3 is 0 Å². The van der Waals surface area contributed by atoms with Crippen LogP contribution in [0, 0.1) is 14.9 Å². The van der Waals surface area contributed by atoms with E-state index < -0.39 is 12.1 Å². The summed E-state index contributed by atoms with van der Waals surface area (Å²) in [5.74, 6) is 0. The molecule has 1 aromatic heterocycles. The molecular formula is C8H3F2IN2O. The highest BCUT2D eigenvalue weighted by Crippen LogP contribution is 2.21. The molecule has 0 aliphatic heterocycles. The zero-order chi connectivity index (χ0) is 10.7. The molecule has 0 spiro atoms. The SMILES string of the molecule is N#Cc1nc(C(F)F)cc(I)c1C=O. The molecule has 0 saturated carbocycles. The fourth-order valence-electron chi connectivity index (χ4n) is 0.851. The second-order valence-electron chi connectivity index (χ2n) is 2.32. The van der Waals surface area contributed by atoms with E-state index in [1.807, 2.05) is 0 Å². The molecule has 0 unspecified atom stereocenters. The van der Waals surface area contributed by atoms with E-state index >= 15 is 0 Å². The molecule has 0 N–H and O–H groups in total. The fraction of sp³-hybridized carbons (Fsp3) is 0.125. The van der Waals surface area contributed by atoms with Crippen LogP contribution in [-0.4, -0.2) is 11.3 Å². The average molecular weight is 308 g/mol. The van der Waals surface area contributed by atoms with Gasteiger partial charge in [-0.15, -0.1) is 0 Å². The molecule has 0 saturated heterocycles. The number of carbonyl (C=O) groups excluding carboxylic acids is 1. The van der Waals surface area contributed by atoms with Gasteiger partial charge in [0.1, 0.15) is 11.8 Å². The third kappa shape index (κ3) is 2.04. The van der Waals surface area contributed by atoms with E-state index in [-0.39, 0.29) is 11.3 Å². The molecule has 0 fully saturated rings. The van der Waals surface area contributed by atoms with Gasteiger partial charge in [-0.2, -0.15) is 5.26 Å². The van der Waals surface area contributed by atoms with E-state index in [1.54, 1.807) is 28.7 Å². The van der Waals surface area contributed by atoms with Gasteiger partial charge in [-0.25, -0.2) is 13.8 Å². The van der Waals surface area contributed by atoms with Crippen LogP contribution in [0.4, 0.5) is 8.78 Å². The Morgan fingerprint density at radius 2 is 2.29 bits per heavy atom. The van der Waals surface area contributed by atoms with Gasteiger partial charge in [0.15, 0.2) is 12.0 Å². The molecule has 0 aliphatic carbocycles. The number of pyridine rings is 1. The number of alkyl halides is 2. The van der Waals surface area contributed by atoms with Crippen LogP contribution >= 0.6 is 22.6 Å². The zero-order valence-corrected chi connectivity index (χ0v) is 8.83. The minimum Gasteiger partial charge on any atom is -0.298 e. The van der Waals surface area contributed by atoms with E-state index in [4.69, 9.17) is 5.26 Å². The van der Waals surface area contributed by atoms with E-state index in [0.29, 0.717) is 9.86 Å². The van der Waals surface area contributed by atoms with Crippen molar-refractivity contribution in [3.05, 3.63) is 26.6 Å². The smallest absolute Gasteiger partial charge is 0.280 e. The number of aldehydes is 1. The number of rotatable bonds is 2. The van der Waals surface area contributed by atoms with Crippen molar-refractivity contribution in [1.82, 2.24) is 4.98 Å². The van der Waals surface area contributed by atoms with Crippen molar-refractivity contribution < 1.29 is 13.6 Å². The Bertz CT molecular complexity index is 415. The summed E-state index contributed by atoms with van der Waals surface area (Å²) in [5.41, 5.74) is -0.698. The van der Waals surface area contributed by atoms with Crippen LogP contribution in [0.25, 0.3) is 0 Å². The van der Waals surface area contributed by atoms with Crippen LogP contribution in [0.1, 0.15) is 28.2 Å². The van der Waals surface area contributed by atoms with Gasteiger partial charge in [0, 0.05) is 3.57 Å². The first kappa shape index (κ1) is 11.0. The van der Waals surface area contributed by atoms with E-state index in [2.05, 4.69) is 4.98 Å². The Labute approximate surface area is 91.9 Å². The molecule has 14 heavy (non-hydrogen) atoms. The number of hydrogen-bond acceptors (Lipinski definition) is 3. The fourth-order valence-corrected chi connectivity index (χ4v) is 1.55. The minimum absolute atomic E-state index is 0.0532. The Kier molecular flexibility index (Phi) is 3.46. The monoisotopic (exact) mass is 308 g/mol. The van der Waals surface area contributed by atoms with Gasteiger partial charge in [0.25, 0.3) is 6.43 Å². The maximum atomic E-state index is 12.2. The quantitative estimate of drug-likeness (QED) is 0.622. The highest BCUT2D eigenvalue weighted by Gasteiger charge is 2.15. The molecule has 1 rings (SSSR count). The normalized spacial score (nSPS) is 9.93. The van der Waals surface area contributed by atoms with Crippen LogP contribution in [-0.2, 0) is 0 Å². The predicted octanol–water partition coefficient (Wildman–Crippen LogP) is 2.31. The van der Waals surface area contributed by atoms with E-state index in [1.165, 1.54) is 0 Å². The summed E-state index contributed by atoms with van der Waals surface area (Å²) in [4.78, 5) is 13.9. The Hall–Kier alpha value is -1.10. The Morgan fingerprint density at radius 3 is 2.71 bits per heavy atom. The first-order valence-corrected chi connectivity index (χ1v) is 4.52. The van der Waals surface area contributed by atoms with Crippen molar-refractivity contribution in [3.8, 4) is 6.07 Å². The summed E-state index contributed by atoms with van der Waals surface area (Å²) in [5, 5.41) is 8.56. The molecular weight excluding hydrogens is 305 g/mol. The van der Waals surface area contributed by atoms with Crippen LogP contribution in [0.15, 0.2) is 6.07 Å². The zero-order valence-electron chi connectivity index (χ0n) is 6.67. The first-order valence-electron chi connectivity index (χ1n) is 3.44. The predicted molar refractivity (Wildman–Crippen MR) is 52.0 cm³/mol. The lowest BCUT2D eigenvalue weighted by atomic mass is 10.2. The molecule has 1 aromatic rings. The number of hydrogen-bond donors (Lipinski definition) is 0. The van der Waals surface area contributed by atoms with Crippen LogP contribution in [0.5, 0.6) is 0 Å². The summed E-state index contributed by atoms with van der Waals surface area (Å²) in [7, 11) is 0. The van der Waals surface area contributed by atoms with E-state index in [0.717, 1.165) is 6.07 Å². The van der Waals surface area contributed by atoms with E-state index in [9.17, 15) is 13.6 Å². The second-order valence-corrected chi connectivity index (χ2v) is 3.48. The number of nitrogens with zero attached hydrogens (tertiary/aromatic N) is 2. The summed E-state index contributed by atoms with van der Waals surface area (Å²) in [6.07, 6.45) is -2.31. The molecule has 0 bridgehead atoms. The maximum Gasteiger partial charge on any atom is 0.280 e. The number of nitriles is 1. The summed E-state index contributed by atoms with van der Waals surface area (Å²) < 4.78 is 24.8. The number of carbonyl (C=O) groups is 1. The maximum absolute atomic E-state index is 12.2. The van der Waals surface area contributed by atoms with Gasteiger partial charge in [-0.3, -0.25) is 4.79 Å². The standard InChI is InChI=1S/C8H3F2IN2O/c9-8(10)6-1-5(11)4(3-14)7(2-12)13-6/h1,3,8H. The van der Waals surface area contributed by atoms with Crippen molar-refractivity contribution in [2.45, 2.75) is 6.43 Å². The topological polar surface area (TPSA) is 53.8 Å². The lowest BCUT2D eigenvalue weighted by molar-refractivity contribution is 0.112. The molecule has 1 heterocycles. The minimum atomic E-state index is -2.74. The molecule has 0 atom stereocenters. The van der Waals surface area contributed by atoms with Gasteiger partial charge in [0.2, 0.25) is 0 Å². The first-order chi connectivity index (χ1) is 6.60. The molecule has 0 radical (unpaired) electrons. The third-order valence-corrected chi connectivity index (χ3v) is 2.37.